The van der Waals surface area contributed by atoms with E-state index in [9.17, 15) is 4.79 Å². The summed E-state index contributed by atoms with van der Waals surface area (Å²) in [5, 5.41) is 15.2. The van der Waals surface area contributed by atoms with Crippen LogP contribution < -0.4 is 5.56 Å². The van der Waals surface area contributed by atoms with Gasteiger partial charge in [-0.3, -0.25) is 15.0 Å². The first-order valence-corrected chi connectivity index (χ1v) is 6.46. The molecule has 0 saturated heterocycles. The standard InChI is InChI=1S/C13H13N5O/c19-13-8-4-2-1-3-7(8)10-11(9-5-6-14-16-9)17-18-12(10)15-13/h5-6H,1-4H2,(H,14,16)(H2,15,17,18,19). The summed E-state index contributed by atoms with van der Waals surface area (Å²) < 4.78 is 0. The molecule has 6 heteroatoms. The predicted molar refractivity (Wildman–Crippen MR) is 70.9 cm³/mol. The molecule has 4 rings (SSSR count). The zero-order valence-electron chi connectivity index (χ0n) is 10.3. The zero-order chi connectivity index (χ0) is 12.8. The van der Waals surface area contributed by atoms with Crippen molar-refractivity contribution in [1.29, 1.82) is 0 Å². The molecule has 0 amide bonds. The number of nitrogens with one attached hydrogen (secondary N) is 3. The number of fused-ring (bicyclic) bond motifs is 3. The van der Waals surface area contributed by atoms with Crippen LogP contribution in [0.25, 0.3) is 22.4 Å². The van der Waals surface area contributed by atoms with E-state index in [0.29, 0.717) is 5.65 Å². The Morgan fingerprint density at radius 1 is 1.11 bits per heavy atom. The van der Waals surface area contributed by atoms with Crippen LogP contribution in [0.15, 0.2) is 17.1 Å². The maximum Gasteiger partial charge on any atom is 0.253 e. The van der Waals surface area contributed by atoms with Crippen LogP contribution in [0, 0.1) is 0 Å². The van der Waals surface area contributed by atoms with Crippen molar-refractivity contribution in [3.8, 4) is 11.4 Å². The third-order valence-corrected chi connectivity index (χ3v) is 3.81. The fraction of sp³-hybridized carbons (Fsp3) is 0.308. The minimum atomic E-state index is 0.00450. The Hall–Kier alpha value is -2.37. The quantitative estimate of drug-likeness (QED) is 0.615. The molecule has 96 valence electrons. The van der Waals surface area contributed by atoms with Crippen molar-refractivity contribution in [2.45, 2.75) is 25.7 Å². The molecule has 3 aromatic rings. The van der Waals surface area contributed by atoms with Crippen molar-refractivity contribution in [3.05, 3.63) is 33.7 Å². The first-order chi connectivity index (χ1) is 9.34. The van der Waals surface area contributed by atoms with Gasteiger partial charge in [0.05, 0.1) is 16.8 Å². The van der Waals surface area contributed by atoms with E-state index in [4.69, 9.17) is 0 Å². The Balaban J connectivity index is 2.10. The van der Waals surface area contributed by atoms with E-state index in [-0.39, 0.29) is 5.56 Å². The van der Waals surface area contributed by atoms with E-state index in [1.165, 1.54) is 0 Å². The van der Waals surface area contributed by atoms with Gasteiger partial charge in [0.1, 0.15) is 0 Å². The molecule has 0 fully saturated rings. The van der Waals surface area contributed by atoms with E-state index < -0.39 is 0 Å². The van der Waals surface area contributed by atoms with Crippen molar-refractivity contribution >= 4 is 11.0 Å². The van der Waals surface area contributed by atoms with Gasteiger partial charge >= 0.3 is 0 Å². The van der Waals surface area contributed by atoms with Gasteiger partial charge < -0.3 is 4.98 Å². The Morgan fingerprint density at radius 2 is 1.95 bits per heavy atom. The maximum absolute atomic E-state index is 12.0. The second kappa shape index (κ2) is 3.81. The maximum atomic E-state index is 12.0. The minimum Gasteiger partial charge on any atom is -0.305 e. The van der Waals surface area contributed by atoms with Crippen molar-refractivity contribution in [1.82, 2.24) is 25.4 Å². The molecule has 0 radical (unpaired) electrons. The van der Waals surface area contributed by atoms with Gasteiger partial charge in [-0.05, 0) is 37.3 Å². The van der Waals surface area contributed by atoms with E-state index >= 15 is 0 Å². The first kappa shape index (κ1) is 10.5. The topological polar surface area (TPSA) is 90.2 Å². The van der Waals surface area contributed by atoms with E-state index in [1.807, 2.05) is 6.07 Å². The lowest BCUT2D eigenvalue weighted by Gasteiger charge is -2.15. The smallest absolute Gasteiger partial charge is 0.253 e. The molecule has 0 saturated carbocycles. The molecule has 0 bridgehead atoms. The van der Waals surface area contributed by atoms with Crippen LogP contribution in [0.2, 0.25) is 0 Å². The third kappa shape index (κ3) is 1.46. The van der Waals surface area contributed by atoms with Gasteiger partial charge in [-0.1, -0.05) is 0 Å². The van der Waals surface area contributed by atoms with Crippen LogP contribution >= 0.6 is 0 Å². The molecule has 19 heavy (non-hydrogen) atoms. The van der Waals surface area contributed by atoms with E-state index in [1.54, 1.807) is 6.20 Å². The van der Waals surface area contributed by atoms with Crippen molar-refractivity contribution in [2.75, 3.05) is 0 Å². The molecule has 1 aliphatic rings. The molecule has 3 aromatic heterocycles. The fourth-order valence-corrected chi connectivity index (χ4v) is 2.93. The number of hydrogen-bond acceptors (Lipinski definition) is 3. The van der Waals surface area contributed by atoms with Gasteiger partial charge in [-0.2, -0.15) is 10.2 Å². The van der Waals surface area contributed by atoms with Crippen LogP contribution in [-0.4, -0.2) is 25.4 Å². The molecular weight excluding hydrogens is 242 g/mol. The number of aryl methyl sites for hydroxylation is 1. The summed E-state index contributed by atoms with van der Waals surface area (Å²) in [6, 6.07) is 1.90. The van der Waals surface area contributed by atoms with Gasteiger partial charge in [-0.25, -0.2) is 0 Å². The Bertz CT molecular complexity index is 796. The summed E-state index contributed by atoms with van der Waals surface area (Å²) in [5.41, 5.74) is 4.49. The number of H-pyrrole nitrogens is 3. The molecule has 6 nitrogen and oxygen atoms in total. The Labute approximate surface area is 108 Å². The summed E-state index contributed by atoms with van der Waals surface area (Å²) in [7, 11) is 0. The first-order valence-electron chi connectivity index (χ1n) is 6.46. The molecule has 0 aliphatic heterocycles. The molecular formula is C13H13N5O. The molecule has 3 N–H and O–H groups in total. The number of aromatic amines is 3. The molecule has 0 unspecified atom stereocenters. The summed E-state index contributed by atoms with van der Waals surface area (Å²) in [4.78, 5) is 14.9. The van der Waals surface area contributed by atoms with Crippen molar-refractivity contribution in [2.24, 2.45) is 0 Å². The molecule has 0 atom stereocenters. The number of rotatable bonds is 1. The monoisotopic (exact) mass is 255 g/mol. The Morgan fingerprint density at radius 3 is 2.74 bits per heavy atom. The summed E-state index contributed by atoms with van der Waals surface area (Å²) in [5.74, 6) is 0. The summed E-state index contributed by atoms with van der Waals surface area (Å²) >= 11 is 0. The lowest BCUT2D eigenvalue weighted by atomic mass is 9.90. The van der Waals surface area contributed by atoms with E-state index in [0.717, 1.165) is 53.6 Å². The minimum absolute atomic E-state index is 0.00450. The lowest BCUT2D eigenvalue weighted by Crippen LogP contribution is -2.19. The van der Waals surface area contributed by atoms with Gasteiger partial charge in [-0.15, -0.1) is 0 Å². The highest BCUT2D eigenvalue weighted by Crippen LogP contribution is 2.31. The number of hydrogen-bond donors (Lipinski definition) is 3. The highest BCUT2D eigenvalue weighted by Gasteiger charge is 2.21. The van der Waals surface area contributed by atoms with Gasteiger partial charge in [0.2, 0.25) is 0 Å². The molecule has 3 heterocycles. The van der Waals surface area contributed by atoms with Crippen LogP contribution in [0.3, 0.4) is 0 Å². The largest absolute Gasteiger partial charge is 0.305 e. The van der Waals surface area contributed by atoms with E-state index in [2.05, 4.69) is 25.4 Å². The molecule has 0 spiro atoms. The second-order valence-corrected chi connectivity index (χ2v) is 4.91. The second-order valence-electron chi connectivity index (χ2n) is 4.91. The zero-order valence-corrected chi connectivity index (χ0v) is 10.3. The normalized spacial score (nSPS) is 14.7. The highest BCUT2D eigenvalue weighted by atomic mass is 16.1. The molecule has 1 aliphatic carbocycles. The predicted octanol–water partition coefficient (Wildman–Crippen LogP) is 1.52. The number of nitrogens with zero attached hydrogens (tertiary/aromatic N) is 2. The molecule has 0 aromatic carbocycles. The van der Waals surface area contributed by atoms with Crippen LogP contribution in [-0.2, 0) is 12.8 Å². The average molecular weight is 255 g/mol. The SMILES string of the molecule is O=c1[nH]c2n[nH]c(-c3ccn[nH]3)c2c2c1CCCC2. The van der Waals surface area contributed by atoms with Gasteiger partial charge in [0.25, 0.3) is 5.56 Å². The summed E-state index contributed by atoms with van der Waals surface area (Å²) in [6.07, 6.45) is 5.71. The van der Waals surface area contributed by atoms with Crippen LogP contribution in [0.5, 0.6) is 0 Å². The van der Waals surface area contributed by atoms with Crippen LogP contribution in [0.1, 0.15) is 24.0 Å². The lowest BCUT2D eigenvalue weighted by molar-refractivity contribution is 0.682. The van der Waals surface area contributed by atoms with Gasteiger partial charge in [0.15, 0.2) is 5.65 Å². The summed E-state index contributed by atoms with van der Waals surface area (Å²) in [6.45, 7) is 0. The highest BCUT2D eigenvalue weighted by molar-refractivity contribution is 5.93. The van der Waals surface area contributed by atoms with Crippen molar-refractivity contribution < 1.29 is 0 Å². The number of aromatic nitrogens is 5. The van der Waals surface area contributed by atoms with Crippen LogP contribution in [0.4, 0.5) is 0 Å². The number of pyridine rings is 1. The van der Waals surface area contributed by atoms with Crippen molar-refractivity contribution in [3.63, 3.8) is 0 Å². The fourth-order valence-electron chi connectivity index (χ4n) is 2.93. The average Bonchev–Trinajstić information content (AvgIpc) is 3.07. The van der Waals surface area contributed by atoms with Gasteiger partial charge in [0, 0.05) is 11.8 Å². The third-order valence-electron chi connectivity index (χ3n) is 3.81. The Kier molecular flexibility index (Phi) is 2.11.